The molecule has 1 unspecified atom stereocenters. The molecule has 3 nitrogen and oxygen atoms in total. The Bertz CT molecular complexity index is 550. The third-order valence-corrected chi connectivity index (χ3v) is 4.83. The number of rotatable bonds is 2. The zero-order valence-electron chi connectivity index (χ0n) is 10.4. The van der Waals surface area contributed by atoms with Gasteiger partial charge in [-0.3, -0.25) is 4.68 Å². The van der Waals surface area contributed by atoms with Crippen LogP contribution in [0, 0.1) is 13.8 Å². The first-order valence-electron chi connectivity index (χ1n) is 5.54. The van der Waals surface area contributed by atoms with Crippen molar-refractivity contribution in [3.63, 3.8) is 0 Å². The van der Waals surface area contributed by atoms with Crippen molar-refractivity contribution in [3.8, 4) is 0 Å². The Morgan fingerprint density at radius 1 is 1.22 bits per heavy atom. The molecule has 1 N–H and O–H groups in total. The normalized spacial score (nSPS) is 12.8. The fraction of sp³-hybridized carbons (Fsp3) is 0.308. The van der Waals surface area contributed by atoms with Crippen LogP contribution in [0.4, 0.5) is 0 Å². The summed E-state index contributed by atoms with van der Waals surface area (Å²) in [6.07, 6.45) is 1.01. The maximum absolute atomic E-state index is 10.5. The SMILES string of the molecule is Cc1cc(C(O)c2c(Br)cnn2C)cc(C)c1Br. The number of aromatic nitrogens is 2. The molecule has 0 spiro atoms. The molecule has 96 valence electrons. The van der Waals surface area contributed by atoms with Crippen LogP contribution in [-0.4, -0.2) is 14.9 Å². The van der Waals surface area contributed by atoms with Crippen molar-refractivity contribution in [2.24, 2.45) is 7.05 Å². The molecule has 2 aromatic rings. The van der Waals surface area contributed by atoms with Crippen LogP contribution in [0.1, 0.15) is 28.5 Å². The summed E-state index contributed by atoms with van der Waals surface area (Å²) in [5.74, 6) is 0. The maximum Gasteiger partial charge on any atom is 0.122 e. The summed E-state index contributed by atoms with van der Waals surface area (Å²) in [6, 6.07) is 3.97. The zero-order valence-corrected chi connectivity index (χ0v) is 13.6. The predicted molar refractivity (Wildman–Crippen MR) is 78.6 cm³/mol. The highest BCUT2D eigenvalue weighted by Crippen LogP contribution is 2.31. The highest BCUT2D eigenvalue weighted by molar-refractivity contribution is 9.10. The Hall–Kier alpha value is -0.650. The van der Waals surface area contributed by atoms with Crippen LogP contribution in [0.5, 0.6) is 0 Å². The summed E-state index contributed by atoms with van der Waals surface area (Å²) in [7, 11) is 1.82. The van der Waals surface area contributed by atoms with Crippen molar-refractivity contribution >= 4 is 31.9 Å². The summed E-state index contributed by atoms with van der Waals surface area (Å²) >= 11 is 6.95. The molecule has 2 rings (SSSR count). The number of aliphatic hydroxyl groups is 1. The number of nitrogens with zero attached hydrogens (tertiary/aromatic N) is 2. The van der Waals surface area contributed by atoms with Gasteiger partial charge in [-0.25, -0.2) is 0 Å². The standard InChI is InChI=1S/C13H14Br2N2O/c1-7-4-9(5-8(2)11(7)15)13(18)12-10(14)6-16-17(12)3/h4-6,13,18H,1-3H3. The van der Waals surface area contributed by atoms with Crippen LogP contribution < -0.4 is 0 Å². The lowest BCUT2D eigenvalue weighted by Gasteiger charge is -2.15. The summed E-state index contributed by atoms with van der Waals surface area (Å²) < 4.78 is 3.58. The van der Waals surface area contributed by atoms with Gasteiger partial charge in [0.2, 0.25) is 0 Å². The molecule has 1 heterocycles. The van der Waals surface area contributed by atoms with Crippen molar-refractivity contribution in [3.05, 3.63) is 49.7 Å². The van der Waals surface area contributed by atoms with Gasteiger partial charge in [0.15, 0.2) is 0 Å². The number of hydrogen-bond donors (Lipinski definition) is 1. The van der Waals surface area contributed by atoms with Crippen LogP contribution >= 0.6 is 31.9 Å². The van der Waals surface area contributed by atoms with Gasteiger partial charge >= 0.3 is 0 Å². The van der Waals surface area contributed by atoms with E-state index in [-0.39, 0.29) is 0 Å². The van der Waals surface area contributed by atoms with Gasteiger partial charge in [-0.2, -0.15) is 5.10 Å². The van der Waals surface area contributed by atoms with Crippen LogP contribution in [0.15, 0.2) is 27.3 Å². The number of halogens is 2. The average molecular weight is 374 g/mol. The summed E-state index contributed by atoms with van der Waals surface area (Å²) in [5.41, 5.74) is 3.86. The fourth-order valence-electron chi connectivity index (χ4n) is 2.02. The van der Waals surface area contributed by atoms with E-state index >= 15 is 0 Å². The summed E-state index contributed by atoms with van der Waals surface area (Å²) in [5, 5.41) is 14.6. The minimum Gasteiger partial charge on any atom is -0.382 e. The molecule has 0 aliphatic heterocycles. The maximum atomic E-state index is 10.5. The number of aryl methyl sites for hydroxylation is 3. The van der Waals surface area contributed by atoms with E-state index in [0.717, 1.165) is 31.3 Å². The summed E-state index contributed by atoms with van der Waals surface area (Å²) in [4.78, 5) is 0. The quantitative estimate of drug-likeness (QED) is 0.872. The molecule has 1 aromatic carbocycles. The summed E-state index contributed by atoms with van der Waals surface area (Å²) in [6.45, 7) is 4.04. The molecule has 0 aliphatic carbocycles. The molecule has 1 atom stereocenters. The lowest BCUT2D eigenvalue weighted by atomic mass is 10.0. The number of aliphatic hydroxyl groups excluding tert-OH is 1. The van der Waals surface area contributed by atoms with E-state index in [1.807, 2.05) is 33.0 Å². The van der Waals surface area contributed by atoms with Crippen LogP contribution in [0.25, 0.3) is 0 Å². The molecule has 0 fully saturated rings. The number of benzene rings is 1. The first kappa shape index (κ1) is 13.8. The van der Waals surface area contributed by atoms with Crippen molar-refractivity contribution in [1.82, 2.24) is 9.78 Å². The zero-order chi connectivity index (χ0) is 13.4. The smallest absolute Gasteiger partial charge is 0.122 e. The fourth-order valence-corrected chi connectivity index (χ4v) is 2.82. The lowest BCUT2D eigenvalue weighted by molar-refractivity contribution is 0.209. The van der Waals surface area contributed by atoms with Gasteiger partial charge in [0.1, 0.15) is 6.10 Å². The van der Waals surface area contributed by atoms with Crippen molar-refractivity contribution in [2.75, 3.05) is 0 Å². The molecule has 0 saturated carbocycles. The third kappa shape index (κ3) is 2.39. The Morgan fingerprint density at radius 2 is 1.78 bits per heavy atom. The highest BCUT2D eigenvalue weighted by atomic mass is 79.9. The van der Waals surface area contributed by atoms with Crippen LogP contribution in [-0.2, 0) is 7.05 Å². The average Bonchev–Trinajstić information content (AvgIpc) is 2.64. The molecule has 0 amide bonds. The largest absolute Gasteiger partial charge is 0.382 e. The molecule has 18 heavy (non-hydrogen) atoms. The van der Waals surface area contributed by atoms with Crippen molar-refractivity contribution in [1.29, 1.82) is 0 Å². The van der Waals surface area contributed by atoms with E-state index in [4.69, 9.17) is 0 Å². The first-order chi connectivity index (χ1) is 8.41. The molecule has 0 saturated heterocycles. The van der Waals surface area contributed by atoms with Gasteiger partial charge in [-0.15, -0.1) is 0 Å². The second-order valence-corrected chi connectivity index (χ2v) is 6.02. The van der Waals surface area contributed by atoms with E-state index in [1.165, 1.54) is 0 Å². The van der Waals surface area contributed by atoms with Crippen LogP contribution in [0.2, 0.25) is 0 Å². The van der Waals surface area contributed by atoms with E-state index in [2.05, 4.69) is 37.0 Å². The Balaban J connectivity index is 2.50. The second kappa shape index (κ2) is 5.15. The van der Waals surface area contributed by atoms with Gasteiger partial charge in [0, 0.05) is 11.5 Å². The Morgan fingerprint density at radius 3 is 2.22 bits per heavy atom. The molecular formula is C13H14Br2N2O. The topological polar surface area (TPSA) is 38.1 Å². The first-order valence-corrected chi connectivity index (χ1v) is 7.12. The van der Waals surface area contributed by atoms with Gasteiger partial charge in [-0.05, 0) is 46.5 Å². The molecule has 0 aliphatic rings. The second-order valence-electron chi connectivity index (χ2n) is 4.37. The van der Waals surface area contributed by atoms with Crippen LogP contribution in [0.3, 0.4) is 0 Å². The van der Waals surface area contributed by atoms with E-state index in [9.17, 15) is 5.11 Å². The van der Waals surface area contributed by atoms with Gasteiger partial charge in [0.25, 0.3) is 0 Å². The van der Waals surface area contributed by atoms with E-state index in [0.29, 0.717) is 0 Å². The monoisotopic (exact) mass is 372 g/mol. The molecule has 0 radical (unpaired) electrons. The highest BCUT2D eigenvalue weighted by Gasteiger charge is 2.19. The van der Waals surface area contributed by atoms with Crippen molar-refractivity contribution < 1.29 is 5.11 Å². The molecule has 5 heteroatoms. The minimum absolute atomic E-state index is 0.683. The minimum atomic E-state index is -0.683. The third-order valence-electron chi connectivity index (χ3n) is 2.97. The van der Waals surface area contributed by atoms with E-state index in [1.54, 1.807) is 10.9 Å². The van der Waals surface area contributed by atoms with Gasteiger partial charge < -0.3 is 5.11 Å². The Labute approximate surface area is 123 Å². The predicted octanol–water partition coefficient (Wildman–Crippen LogP) is 3.64. The Kier molecular flexibility index (Phi) is 3.94. The van der Waals surface area contributed by atoms with Gasteiger partial charge in [0.05, 0.1) is 16.4 Å². The van der Waals surface area contributed by atoms with Crippen molar-refractivity contribution in [2.45, 2.75) is 20.0 Å². The van der Waals surface area contributed by atoms with E-state index < -0.39 is 6.10 Å². The molecular weight excluding hydrogens is 360 g/mol. The van der Waals surface area contributed by atoms with Gasteiger partial charge in [-0.1, -0.05) is 28.1 Å². The molecule has 1 aromatic heterocycles. The molecule has 0 bridgehead atoms. The lowest BCUT2D eigenvalue weighted by Crippen LogP contribution is -2.08. The number of hydrogen-bond acceptors (Lipinski definition) is 2.